The third-order valence-electron chi connectivity index (χ3n) is 3.69. The van der Waals surface area contributed by atoms with E-state index in [9.17, 15) is 18.2 Å². The predicted molar refractivity (Wildman–Crippen MR) is 97.9 cm³/mol. The molecule has 0 saturated carbocycles. The van der Waals surface area contributed by atoms with Gasteiger partial charge >= 0.3 is 7.82 Å². The number of phosphoric ester groups is 1. The highest BCUT2D eigenvalue weighted by Gasteiger charge is 2.27. The maximum absolute atomic E-state index is 12.0. The van der Waals surface area contributed by atoms with Crippen molar-refractivity contribution >= 4 is 36.8 Å². The summed E-state index contributed by atoms with van der Waals surface area (Å²) in [7, 11) is -2.64. The Kier molecular flexibility index (Phi) is 5.48. The minimum Gasteiger partial charge on any atom is -0.411 e. The largest absolute Gasteiger partial charge is 0.538 e. The molecule has 9 heteroatoms. The Morgan fingerprint density at radius 1 is 1.12 bits per heavy atom. The number of anilines is 2. The van der Waals surface area contributed by atoms with Crippen LogP contribution in [0.5, 0.6) is 0 Å². The van der Waals surface area contributed by atoms with Gasteiger partial charge in [-0.3, -0.25) is 4.89 Å². The first-order chi connectivity index (χ1) is 12.4. The van der Waals surface area contributed by atoms with E-state index in [-0.39, 0.29) is 12.0 Å². The van der Waals surface area contributed by atoms with E-state index in [2.05, 4.69) is 3.97 Å². The number of hydrogen-bond donors (Lipinski definition) is 1. The normalized spacial score (nSPS) is 14.8. The minimum atomic E-state index is -4.56. The van der Waals surface area contributed by atoms with Crippen molar-refractivity contribution in [1.82, 2.24) is 0 Å². The van der Waals surface area contributed by atoms with Crippen LogP contribution in [0.4, 0.5) is 20.2 Å². The topological polar surface area (TPSA) is 59.0 Å². The van der Waals surface area contributed by atoms with E-state index in [1.165, 1.54) is 0 Å². The van der Waals surface area contributed by atoms with Gasteiger partial charge in [0.15, 0.2) is 0 Å². The molecule has 1 unspecified atom stereocenters. The molecule has 2 aromatic rings. The van der Waals surface area contributed by atoms with E-state index < -0.39 is 13.9 Å². The fraction of sp³-hybridized carbons (Fsp3) is 0.0588. The van der Waals surface area contributed by atoms with Gasteiger partial charge < -0.3 is 9.42 Å². The lowest BCUT2D eigenvalue weighted by Gasteiger charge is -2.31. The molecule has 5 nitrogen and oxygen atoms in total. The summed E-state index contributed by atoms with van der Waals surface area (Å²) < 4.78 is 45.2. The Hall–Kier alpha value is -2.12. The Labute approximate surface area is 153 Å². The van der Waals surface area contributed by atoms with Crippen LogP contribution < -0.4 is 4.90 Å². The summed E-state index contributed by atoms with van der Waals surface area (Å²) in [4.78, 5) is 11.7. The summed E-state index contributed by atoms with van der Waals surface area (Å²) in [5, 5.41) is 0.305. The van der Waals surface area contributed by atoms with Gasteiger partial charge in [-0.1, -0.05) is 36.4 Å². The van der Waals surface area contributed by atoms with Gasteiger partial charge in [0.1, 0.15) is 6.26 Å². The number of benzene rings is 2. The van der Waals surface area contributed by atoms with E-state index in [0.29, 0.717) is 11.0 Å². The minimum absolute atomic E-state index is 0.0389. The van der Waals surface area contributed by atoms with Gasteiger partial charge in [0.25, 0.3) is 6.08 Å². The van der Waals surface area contributed by atoms with Crippen molar-refractivity contribution in [3.8, 4) is 0 Å². The van der Waals surface area contributed by atoms with Crippen LogP contribution in [-0.2, 0) is 13.1 Å². The van der Waals surface area contributed by atoms with Gasteiger partial charge in [-0.2, -0.15) is 8.78 Å². The average molecular weight is 397 g/mol. The second-order valence-corrected chi connectivity index (χ2v) is 7.45. The highest BCUT2D eigenvalue weighted by molar-refractivity contribution is 8.00. The summed E-state index contributed by atoms with van der Waals surface area (Å²) in [6, 6.07) is 15.0. The zero-order chi connectivity index (χ0) is 18.7. The molecule has 1 aliphatic rings. The second-order valence-electron chi connectivity index (χ2n) is 5.28. The van der Waals surface area contributed by atoms with Crippen LogP contribution in [0.25, 0.3) is 5.57 Å². The van der Waals surface area contributed by atoms with Gasteiger partial charge in [0.2, 0.25) is 0 Å². The SMILES string of the molecule is CN1c2ccccc2C(=COP(=O)(O)OSC=C(F)F)c2ccccc21. The molecule has 0 amide bonds. The lowest BCUT2D eigenvalue weighted by Crippen LogP contribution is -2.17. The predicted octanol–water partition coefficient (Wildman–Crippen LogP) is 5.68. The van der Waals surface area contributed by atoms with Crippen molar-refractivity contribution in [1.29, 1.82) is 0 Å². The third kappa shape index (κ3) is 3.99. The van der Waals surface area contributed by atoms with Crippen LogP contribution in [0.1, 0.15) is 11.1 Å². The number of nitrogens with zero attached hydrogens (tertiary/aromatic N) is 1. The van der Waals surface area contributed by atoms with Crippen molar-refractivity contribution in [3.05, 3.63) is 77.4 Å². The third-order valence-corrected chi connectivity index (χ3v) is 5.43. The van der Waals surface area contributed by atoms with E-state index in [0.717, 1.165) is 28.8 Å². The van der Waals surface area contributed by atoms with Gasteiger partial charge in [-0.25, -0.2) is 8.54 Å². The molecule has 1 heterocycles. The zero-order valence-electron chi connectivity index (χ0n) is 13.5. The average Bonchev–Trinajstić information content (AvgIpc) is 2.61. The van der Waals surface area contributed by atoms with E-state index in [1.807, 2.05) is 60.5 Å². The van der Waals surface area contributed by atoms with Gasteiger partial charge in [-0.15, -0.1) is 0 Å². The van der Waals surface area contributed by atoms with Gasteiger partial charge in [-0.05, 0) is 12.1 Å². The molecule has 0 bridgehead atoms. The fourth-order valence-electron chi connectivity index (χ4n) is 2.64. The molecule has 0 aliphatic carbocycles. The molecule has 0 aromatic heterocycles. The highest BCUT2D eigenvalue weighted by atomic mass is 32.2. The second kappa shape index (κ2) is 7.63. The Morgan fingerprint density at radius 2 is 1.65 bits per heavy atom. The molecule has 0 radical (unpaired) electrons. The molecule has 0 spiro atoms. The lowest BCUT2D eigenvalue weighted by molar-refractivity contribution is 0.281. The zero-order valence-corrected chi connectivity index (χ0v) is 15.2. The van der Waals surface area contributed by atoms with Crippen LogP contribution in [0, 0.1) is 0 Å². The number of para-hydroxylation sites is 2. The van der Waals surface area contributed by atoms with Crippen LogP contribution in [-0.4, -0.2) is 11.9 Å². The maximum Gasteiger partial charge on any atom is 0.538 e. The van der Waals surface area contributed by atoms with Crippen molar-refractivity contribution in [2.75, 3.05) is 11.9 Å². The Bertz CT molecular complexity index is 881. The van der Waals surface area contributed by atoms with E-state index in [4.69, 9.17) is 4.52 Å². The molecule has 1 N–H and O–H groups in total. The Balaban J connectivity index is 1.95. The molecule has 1 atom stereocenters. The molecule has 3 rings (SSSR count). The van der Waals surface area contributed by atoms with Crippen LogP contribution >= 0.6 is 19.9 Å². The van der Waals surface area contributed by atoms with Crippen LogP contribution in [0.15, 0.2) is 66.3 Å². The lowest BCUT2D eigenvalue weighted by atomic mass is 9.91. The van der Waals surface area contributed by atoms with Gasteiger partial charge in [0.05, 0.1) is 5.41 Å². The monoisotopic (exact) mass is 397 g/mol. The number of phosphoric acid groups is 1. The van der Waals surface area contributed by atoms with E-state index >= 15 is 0 Å². The first kappa shape index (κ1) is 18.7. The summed E-state index contributed by atoms with van der Waals surface area (Å²) in [5.41, 5.74) is 3.98. The first-order valence-electron chi connectivity index (χ1n) is 7.39. The number of halogens is 2. The Morgan fingerprint density at radius 3 is 2.19 bits per heavy atom. The number of fused-ring (bicyclic) bond motifs is 2. The molecule has 136 valence electrons. The van der Waals surface area contributed by atoms with Crippen molar-refractivity contribution < 1.29 is 26.7 Å². The molecule has 26 heavy (non-hydrogen) atoms. The van der Waals surface area contributed by atoms with Crippen molar-refractivity contribution in [2.45, 2.75) is 0 Å². The summed E-state index contributed by atoms with van der Waals surface area (Å²) in [6.45, 7) is 0. The standard InChI is InChI=1S/C17H14F2NO4PS/c1-20-15-8-4-2-6-12(15)14(13-7-3-5-9-16(13)20)10-23-25(21,22)24-26-11-17(18)19/h2-11H,1H3,(H,21,22). The highest BCUT2D eigenvalue weighted by Crippen LogP contribution is 2.50. The first-order valence-corrected chi connectivity index (χ1v) is 9.69. The summed E-state index contributed by atoms with van der Waals surface area (Å²) >= 11 is 0.0389. The van der Waals surface area contributed by atoms with Crippen LogP contribution in [0.2, 0.25) is 0 Å². The summed E-state index contributed by atoms with van der Waals surface area (Å²) in [6.07, 6.45) is -0.909. The summed E-state index contributed by atoms with van der Waals surface area (Å²) in [5.74, 6) is 0. The molecular weight excluding hydrogens is 383 g/mol. The number of rotatable bonds is 5. The molecule has 1 aliphatic heterocycles. The van der Waals surface area contributed by atoms with Crippen molar-refractivity contribution in [3.63, 3.8) is 0 Å². The molecule has 0 fully saturated rings. The molecular formula is C17H14F2NO4PS. The maximum atomic E-state index is 12.0. The van der Waals surface area contributed by atoms with E-state index in [1.54, 1.807) is 0 Å². The fourth-order valence-corrected chi connectivity index (χ4v) is 3.70. The quantitative estimate of drug-likeness (QED) is 0.398. The van der Waals surface area contributed by atoms with Crippen LogP contribution in [0.3, 0.4) is 0 Å². The number of hydrogen-bond acceptors (Lipinski definition) is 5. The van der Waals surface area contributed by atoms with Gasteiger partial charge in [0, 0.05) is 47.2 Å². The smallest absolute Gasteiger partial charge is 0.411 e. The molecule has 0 saturated heterocycles. The molecule has 2 aromatic carbocycles. The van der Waals surface area contributed by atoms with Crippen molar-refractivity contribution in [2.24, 2.45) is 0 Å².